The molecule has 0 spiro atoms. The molecule has 0 saturated heterocycles. The van der Waals surface area contributed by atoms with Gasteiger partial charge in [0, 0.05) is 6.54 Å². The third kappa shape index (κ3) is 2.69. The summed E-state index contributed by atoms with van der Waals surface area (Å²) in [4.78, 5) is 16.9. The number of thioether (sulfide) groups is 1. The van der Waals surface area contributed by atoms with Gasteiger partial charge in [-0.15, -0.1) is 6.58 Å². The molecule has 19 heavy (non-hydrogen) atoms. The highest BCUT2D eigenvalue weighted by atomic mass is 32.2. The maximum absolute atomic E-state index is 12.4. The van der Waals surface area contributed by atoms with E-state index < -0.39 is 0 Å². The van der Waals surface area contributed by atoms with Crippen molar-refractivity contribution in [2.75, 3.05) is 0 Å². The van der Waals surface area contributed by atoms with Crippen molar-refractivity contribution in [1.29, 1.82) is 5.26 Å². The van der Waals surface area contributed by atoms with Gasteiger partial charge in [0.15, 0.2) is 5.16 Å². The summed E-state index contributed by atoms with van der Waals surface area (Å²) in [5, 5.41) is 9.77. The summed E-state index contributed by atoms with van der Waals surface area (Å²) in [7, 11) is 0. The first-order valence-electron chi connectivity index (χ1n) is 5.84. The van der Waals surface area contributed by atoms with E-state index in [0.717, 1.165) is 0 Å². The SMILES string of the molecule is C=CCn1c(S[C@@H](C)C#N)nc2ccccc2c1=O. The molecule has 1 aromatic heterocycles. The van der Waals surface area contributed by atoms with Gasteiger partial charge in [0.05, 0.1) is 22.2 Å². The molecule has 0 amide bonds. The number of hydrogen-bond acceptors (Lipinski definition) is 4. The lowest BCUT2D eigenvalue weighted by molar-refractivity contribution is 0.671. The zero-order valence-electron chi connectivity index (χ0n) is 10.5. The van der Waals surface area contributed by atoms with E-state index in [2.05, 4.69) is 17.6 Å². The highest BCUT2D eigenvalue weighted by Crippen LogP contribution is 2.21. The Morgan fingerprint density at radius 2 is 2.32 bits per heavy atom. The van der Waals surface area contributed by atoms with Crippen LogP contribution in [0, 0.1) is 11.3 Å². The zero-order valence-corrected chi connectivity index (χ0v) is 11.4. The van der Waals surface area contributed by atoms with E-state index in [0.29, 0.717) is 22.6 Å². The Balaban J connectivity index is 2.67. The summed E-state index contributed by atoms with van der Waals surface area (Å²) in [5.41, 5.74) is 0.554. The number of benzene rings is 1. The summed E-state index contributed by atoms with van der Waals surface area (Å²) >= 11 is 1.28. The Morgan fingerprint density at radius 1 is 1.58 bits per heavy atom. The van der Waals surface area contributed by atoms with Gasteiger partial charge >= 0.3 is 0 Å². The van der Waals surface area contributed by atoms with Crippen LogP contribution in [0.2, 0.25) is 0 Å². The van der Waals surface area contributed by atoms with Gasteiger partial charge in [0.1, 0.15) is 0 Å². The fourth-order valence-corrected chi connectivity index (χ4v) is 2.52. The lowest BCUT2D eigenvalue weighted by atomic mass is 10.2. The first-order chi connectivity index (χ1) is 9.17. The van der Waals surface area contributed by atoms with Crippen molar-refractivity contribution in [3.05, 3.63) is 47.3 Å². The molecule has 1 heterocycles. The first-order valence-corrected chi connectivity index (χ1v) is 6.72. The molecule has 2 aromatic rings. The molecule has 4 nitrogen and oxygen atoms in total. The summed E-state index contributed by atoms with van der Waals surface area (Å²) in [6.45, 7) is 5.82. The molecule has 0 aliphatic rings. The van der Waals surface area contributed by atoms with Gasteiger partial charge in [-0.2, -0.15) is 5.26 Å². The predicted molar refractivity (Wildman–Crippen MR) is 77.1 cm³/mol. The number of allylic oxidation sites excluding steroid dienone is 1. The molecule has 96 valence electrons. The summed E-state index contributed by atoms with van der Waals surface area (Å²) in [6.07, 6.45) is 1.65. The van der Waals surface area contributed by atoms with E-state index in [-0.39, 0.29) is 10.8 Å². The fraction of sp³-hybridized carbons (Fsp3) is 0.214. The van der Waals surface area contributed by atoms with Crippen molar-refractivity contribution >= 4 is 22.7 Å². The number of hydrogen-bond donors (Lipinski definition) is 0. The third-order valence-corrected chi connectivity index (χ3v) is 3.58. The lowest BCUT2D eigenvalue weighted by Crippen LogP contribution is -2.23. The van der Waals surface area contributed by atoms with Gasteiger partial charge < -0.3 is 0 Å². The molecule has 0 saturated carbocycles. The van der Waals surface area contributed by atoms with E-state index in [1.165, 1.54) is 11.8 Å². The highest BCUT2D eigenvalue weighted by molar-refractivity contribution is 8.00. The first kappa shape index (κ1) is 13.4. The second-order valence-corrected chi connectivity index (χ2v) is 5.31. The van der Waals surface area contributed by atoms with Crippen molar-refractivity contribution in [3.63, 3.8) is 0 Å². The Hall–Kier alpha value is -2.06. The van der Waals surface area contributed by atoms with Crippen LogP contribution in [-0.4, -0.2) is 14.8 Å². The van der Waals surface area contributed by atoms with Gasteiger partial charge in [0.25, 0.3) is 5.56 Å². The van der Waals surface area contributed by atoms with Gasteiger partial charge in [-0.1, -0.05) is 30.0 Å². The van der Waals surface area contributed by atoms with Crippen molar-refractivity contribution in [2.45, 2.75) is 23.9 Å². The zero-order chi connectivity index (χ0) is 13.8. The molecule has 0 aliphatic carbocycles. The summed E-state index contributed by atoms with van der Waals surface area (Å²) in [6, 6.07) is 9.35. The lowest BCUT2D eigenvalue weighted by Gasteiger charge is -2.11. The normalized spacial score (nSPS) is 12.0. The molecule has 0 bridgehead atoms. The monoisotopic (exact) mass is 271 g/mol. The van der Waals surface area contributed by atoms with Gasteiger partial charge in [-0.3, -0.25) is 9.36 Å². The van der Waals surface area contributed by atoms with E-state index in [9.17, 15) is 4.79 Å². The summed E-state index contributed by atoms with van der Waals surface area (Å²) in [5.74, 6) is 0. The predicted octanol–water partition coefficient (Wildman–Crippen LogP) is 2.59. The van der Waals surface area contributed by atoms with Crippen LogP contribution in [0.15, 0.2) is 46.9 Å². The number of para-hydroxylation sites is 1. The molecule has 1 atom stereocenters. The number of fused-ring (bicyclic) bond motifs is 1. The van der Waals surface area contributed by atoms with Gasteiger partial charge in [-0.25, -0.2) is 4.98 Å². The molecule has 0 radical (unpaired) electrons. The third-order valence-electron chi connectivity index (χ3n) is 2.60. The fourth-order valence-electron chi connectivity index (χ4n) is 1.71. The maximum atomic E-state index is 12.4. The maximum Gasteiger partial charge on any atom is 0.262 e. The molecule has 0 aliphatic heterocycles. The molecule has 0 N–H and O–H groups in total. The van der Waals surface area contributed by atoms with Crippen molar-refractivity contribution in [3.8, 4) is 6.07 Å². The highest BCUT2D eigenvalue weighted by Gasteiger charge is 2.13. The molecule has 1 aromatic carbocycles. The Morgan fingerprint density at radius 3 is 3.00 bits per heavy atom. The minimum Gasteiger partial charge on any atom is -0.283 e. The molecule has 0 unspecified atom stereocenters. The second kappa shape index (κ2) is 5.72. The van der Waals surface area contributed by atoms with Crippen molar-refractivity contribution in [2.24, 2.45) is 0 Å². The van der Waals surface area contributed by atoms with Crippen LogP contribution in [-0.2, 0) is 6.54 Å². The van der Waals surface area contributed by atoms with Crippen LogP contribution in [0.3, 0.4) is 0 Å². The van der Waals surface area contributed by atoms with Crippen LogP contribution in [0.5, 0.6) is 0 Å². The van der Waals surface area contributed by atoms with Crippen molar-refractivity contribution < 1.29 is 0 Å². The second-order valence-electron chi connectivity index (χ2n) is 4.01. The smallest absolute Gasteiger partial charge is 0.262 e. The van der Waals surface area contributed by atoms with E-state index in [1.54, 1.807) is 29.7 Å². The average Bonchev–Trinajstić information content (AvgIpc) is 2.43. The molecule has 0 fully saturated rings. The largest absolute Gasteiger partial charge is 0.283 e. The number of rotatable bonds is 4. The van der Waals surface area contributed by atoms with Crippen LogP contribution in [0.1, 0.15) is 6.92 Å². The van der Waals surface area contributed by atoms with E-state index in [1.807, 2.05) is 12.1 Å². The van der Waals surface area contributed by atoms with Crippen LogP contribution < -0.4 is 5.56 Å². The Labute approximate surface area is 115 Å². The Bertz CT molecular complexity index is 715. The number of aromatic nitrogens is 2. The molecular formula is C14H13N3OS. The van der Waals surface area contributed by atoms with E-state index in [4.69, 9.17) is 5.26 Å². The number of nitriles is 1. The number of nitrogens with zero attached hydrogens (tertiary/aromatic N) is 3. The van der Waals surface area contributed by atoms with Crippen LogP contribution >= 0.6 is 11.8 Å². The van der Waals surface area contributed by atoms with Gasteiger partial charge in [-0.05, 0) is 19.1 Å². The standard InChI is InChI=1S/C14H13N3OS/c1-3-8-17-13(18)11-6-4-5-7-12(11)16-14(17)19-10(2)9-15/h3-7,10H,1,8H2,2H3/t10-/m0/s1. The molecule has 5 heteroatoms. The molecular weight excluding hydrogens is 258 g/mol. The average molecular weight is 271 g/mol. The van der Waals surface area contributed by atoms with Crippen LogP contribution in [0.4, 0.5) is 0 Å². The Kier molecular flexibility index (Phi) is 4.03. The van der Waals surface area contributed by atoms with Crippen molar-refractivity contribution in [1.82, 2.24) is 9.55 Å². The quantitative estimate of drug-likeness (QED) is 0.487. The minimum absolute atomic E-state index is 0.0989. The minimum atomic E-state index is -0.260. The topological polar surface area (TPSA) is 58.7 Å². The van der Waals surface area contributed by atoms with E-state index >= 15 is 0 Å². The molecule has 2 rings (SSSR count). The van der Waals surface area contributed by atoms with Gasteiger partial charge in [0.2, 0.25) is 0 Å². The summed E-state index contributed by atoms with van der Waals surface area (Å²) < 4.78 is 1.55. The van der Waals surface area contributed by atoms with Crippen LogP contribution in [0.25, 0.3) is 10.9 Å².